The Kier molecular flexibility index (Phi) is 4.64. The van der Waals surface area contributed by atoms with Gasteiger partial charge in [-0.3, -0.25) is 0 Å². The fourth-order valence-corrected chi connectivity index (χ4v) is 3.68. The van der Waals surface area contributed by atoms with E-state index in [0.717, 1.165) is 13.0 Å². The zero-order chi connectivity index (χ0) is 13.9. The van der Waals surface area contributed by atoms with Crippen molar-refractivity contribution in [2.24, 2.45) is 5.41 Å². The highest BCUT2D eigenvalue weighted by atomic mass is 32.1. The molecule has 1 atom stereocenters. The molecule has 0 bridgehead atoms. The van der Waals surface area contributed by atoms with E-state index < -0.39 is 0 Å². The van der Waals surface area contributed by atoms with Crippen LogP contribution in [0.2, 0.25) is 0 Å². The summed E-state index contributed by atoms with van der Waals surface area (Å²) in [5.74, 6) is 0. The third-order valence-corrected chi connectivity index (χ3v) is 4.39. The Hall–Kier alpha value is -0.860. The second kappa shape index (κ2) is 6.06. The molecule has 2 aromatic rings. The number of likely N-dealkylation sites (N-methyl/N-ethyl adjacent to an activating group) is 1. The summed E-state index contributed by atoms with van der Waals surface area (Å²) in [6, 6.07) is 9.31. The summed E-state index contributed by atoms with van der Waals surface area (Å²) in [6.45, 7) is 10.2. The molecule has 0 fully saturated rings. The summed E-state index contributed by atoms with van der Waals surface area (Å²) < 4.78 is 1.41. The fourth-order valence-electron chi connectivity index (χ4n) is 2.70. The normalized spacial score (nSPS) is 13.9. The van der Waals surface area contributed by atoms with Crippen molar-refractivity contribution in [3.8, 4) is 0 Å². The lowest BCUT2D eigenvalue weighted by Gasteiger charge is -2.26. The van der Waals surface area contributed by atoms with Crippen molar-refractivity contribution in [1.82, 2.24) is 5.32 Å². The number of nitrogens with one attached hydrogen (secondary N) is 1. The first-order valence-corrected chi connectivity index (χ1v) is 8.06. The van der Waals surface area contributed by atoms with Crippen molar-refractivity contribution in [2.75, 3.05) is 6.54 Å². The molecular weight excluding hydrogens is 250 g/mol. The van der Waals surface area contributed by atoms with Gasteiger partial charge in [-0.15, -0.1) is 11.3 Å². The zero-order valence-electron chi connectivity index (χ0n) is 12.5. The molecule has 1 heterocycles. The van der Waals surface area contributed by atoms with Crippen molar-refractivity contribution in [3.63, 3.8) is 0 Å². The van der Waals surface area contributed by atoms with Crippen LogP contribution in [0, 0.1) is 5.41 Å². The van der Waals surface area contributed by atoms with Crippen LogP contribution < -0.4 is 5.32 Å². The maximum atomic E-state index is 3.65. The van der Waals surface area contributed by atoms with E-state index in [4.69, 9.17) is 0 Å². The fraction of sp³-hybridized carbons (Fsp3) is 0.529. The summed E-state index contributed by atoms with van der Waals surface area (Å²) >= 11 is 1.86. The Morgan fingerprint density at radius 3 is 2.63 bits per heavy atom. The molecule has 2 heteroatoms. The van der Waals surface area contributed by atoms with Crippen LogP contribution in [-0.4, -0.2) is 12.6 Å². The number of rotatable bonds is 5. The molecule has 0 aliphatic rings. The molecule has 0 aliphatic carbocycles. The van der Waals surface area contributed by atoms with E-state index in [1.165, 1.54) is 22.1 Å². The van der Waals surface area contributed by atoms with Crippen LogP contribution in [-0.2, 0) is 6.42 Å². The number of thiophene rings is 1. The Morgan fingerprint density at radius 2 is 1.95 bits per heavy atom. The molecule has 0 aliphatic heterocycles. The lowest BCUT2D eigenvalue weighted by molar-refractivity contribution is 0.309. The van der Waals surface area contributed by atoms with Gasteiger partial charge in [-0.2, -0.15) is 0 Å². The number of hydrogen-bond acceptors (Lipinski definition) is 2. The molecule has 1 unspecified atom stereocenters. The highest BCUT2D eigenvalue weighted by Crippen LogP contribution is 2.29. The minimum atomic E-state index is 0.374. The molecule has 104 valence electrons. The Bertz CT molecular complexity index is 521. The molecule has 0 amide bonds. The highest BCUT2D eigenvalue weighted by Gasteiger charge is 2.19. The maximum Gasteiger partial charge on any atom is 0.0345 e. The van der Waals surface area contributed by atoms with E-state index in [-0.39, 0.29) is 0 Å². The summed E-state index contributed by atoms with van der Waals surface area (Å²) in [4.78, 5) is 0. The first-order chi connectivity index (χ1) is 8.99. The standard InChI is InChI=1S/C17H25NS/c1-5-18-14(11-17(2,3)4)10-13-12-19-16-9-7-6-8-15(13)16/h6-9,12,14,18H,5,10-11H2,1-4H3. The quantitative estimate of drug-likeness (QED) is 0.822. The molecular formula is C17H25NS. The lowest BCUT2D eigenvalue weighted by Crippen LogP contribution is -2.34. The van der Waals surface area contributed by atoms with Crippen LogP contribution in [0.1, 0.15) is 39.7 Å². The maximum absolute atomic E-state index is 3.65. The Morgan fingerprint density at radius 1 is 1.21 bits per heavy atom. The summed E-state index contributed by atoms with van der Waals surface area (Å²) in [6.07, 6.45) is 2.35. The van der Waals surface area contributed by atoms with E-state index in [2.05, 4.69) is 62.7 Å². The third-order valence-electron chi connectivity index (χ3n) is 3.38. The van der Waals surface area contributed by atoms with Crippen molar-refractivity contribution >= 4 is 21.4 Å². The Balaban J connectivity index is 2.16. The van der Waals surface area contributed by atoms with Gasteiger partial charge in [0.15, 0.2) is 0 Å². The first-order valence-electron chi connectivity index (χ1n) is 7.18. The zero-order valence-corrected chi connectivity index (χ0v) is 13.3. The second-order valence-corrected chi connectivity index (χ2v) is 7.39. The number of fused-ring (bicyclic) bond motifs is 1. The monoisotopic (exact) mass is 275 g/mol. The van der Waals surface area contributed by atoms with Gasteiger partial charge in [-0.25, -0.2) is 0 Å². The average Bonchev–Trinajstić information content (AvgIpc) is 2.71. The summed E-state index contributed by atoms with van der Waals surface area (Å²) in [5, 5.41) is 7.41. The van der Waals surface area contributed by atoms with Gasteiger partial charge < -0.3 is 5.32 Å². The predicted octanol–water partition coefficient (Wildman–Crippen LogP) is 4.86. The predicted molar refractivity (Wildman–Crippen MR) is 87.1 cm³/mol. The lowest BCUT2D eigenvalue weighted by atomic mass is 9.86. The van der Waals surface area contributed by atoms with E-state index in [1.54, 1.807) is 0 Å². The van der Waals surface area contributed by atoms with E-state index in [9.17, 15) is 0 Å². The molecule has 1 aromatic carbocycles. The van der Waals surface area contributed by atoms with Gasteiger partial charge in [0.2, 0.25) is 0 Å². The molecule has 1 nitrogen and oxygen atoms in total. The molecule has 1 aromatic heterocycles. The molecule has 0 radical (unpaired) electrons. The minimum Gasteiger partial charge on any atom is -0.314 e. The van der Waals surface area contributed by atoms with E-state index in [0.29, 0.717) is 11.5 Å². The molecule has 19 heavy (non-hydrogen) atoms. The smallest absolute Gasteiger partial charge is 0.0345 e. The highest BCUT2D eigenvalue weighted by molar-refractivity contribution is 7.17. The molecule has 0 saturated heterocycles. The largest absolute Gasteiger partial charge is 0.314 e. The van der Waals surface area contributed by atoms with Crippen LogP contribution in [0.25, 0.3) is 10.1 Å². The van der Waals surface area contributed by atoms with Gasteiger partial charge in [0.05, 0.1) is 0 Å². The van der Waals surface area contributed by atoms with Gasteiger partial charge >= 0.3 is 0 Å². The number of hydrogen-bond donors (Lipinski definition) is 1. The number of benzene rings is 1. The third kappa shape index (κ3) is 4.05. The van der Waals surface area contributed by atoms with Crippen LogP contribution in [0.15, 0.2) is 29.6 Å². The van der Waals surface area contributed by atoms with Crippen molar-refractivity contribution in [3.05, 3.63) is 35.2 Å². The molecule has 0 saturated carbocycles. The van der Waals surface area contributed by atoms with Gasteiger partial charge in [-0.05, 0) is 47.2 Å². The van der Waals surface area contributed by atoms with Crippen LogP contribution in [0.4, 0.5) is 0 Å². The molecule has 2 rings (SSSR count). The Labute approximate surface area is 121 Å². The van der Waals surface area contributed by atoms with Crippen LogP contribution in [0.5, 0.6) is 0 Å². The van der Waals surface area contributed by atoms with Gasteiger partial charge in [0.25, 0.3) is 0 Å². The van der Waals surface area contributed by atoms with Crippen LogP contribution in [0.3, 0.4) is 0 Å². The van der Waals surface area contributed by atoms with Crippen molar-refractivity contribution < 1.29 is 0 Å². The summed E-state index contributed by atoms with van der Waals surface area (Å²) in [7, 11) is 0. The minimum absolute atomic E-state index is 0.374. The van der Waals surface area contributed by atoms with Crippen LogP contribution >= 0.6 is 11.3 Å². The average molecular weight is 275 g/mol. The van der Waals surface area contributed by atoms with Crippen molar-refractivity contribution in [1.29, 1.82) is 0 Å². The first kappa shape index (κ1) is 14.5. The molecule has 0 spiro atoms. The van der Waals surface area contributed by atoms with Gasteiger partial charge in [-0.1, -0.05) is 45.9 Å². The summed E-state index contributed by atoms with van der Waals surface area (Å²) in [5.41, 5.74) is 1.87. The van der Waals surface area contributed by atoms with Gasteiger partial charge in [0, 0.05) is 10.7 Å². The second-order valence-electron chi connectivity index (χ2n) is 6.48. The van der Waals surface area contributed by atoms with Gasteiger partial charge in [0.1, 0.15) is 0 Å². The van der Waals surface area contributed by atoms with Crippen molar-refractivity contribution in [2.45, 2.75) is 46.6 Å². The molecule has 1 N–H and O–H groups in total. The van der Waals surface area contributed by atoms with E-state index in [1.807, 2.05) is 11.3 Å². The topological polar surface area (TPSA) is 12.0 Å². The SMILES string of the molecule is CCNC(Cc1csc2ccccc12)CC(C)(C)C. The van der Waals surface area contributed by atoms with E-state index >= 15 is 0 Å².